The van der Waals surface area contributed by atoms with E-state index in [1.54, 1.807) is 6.07 Å². The van der Waals surface area contributed by atoms with E-state index < -0.39 is 0 Å². The zero-order chi connectivity index (χ0) is 12.4. The summed E-state index contributed by atoms with van der Waals surface area (Å²) in [5, 5.41) is 4.12. The number of nitrogens with one attached hydrogen (secondary N) is 1. The summed E-state index contributed by atoms with van der Waals surface area (Å²) in [4.78, 5) is 4.39. The van der Waals surface area contributed by atoms with Crippen molar-refractivity contribution >= 4 is 16.7 Å². The molecular formula is C14H17FN2. The minimum atomic E-state index is -0.259. The van der Waals surface area contributed by atoms with Crippen LogP contribution in [-0.2, 0) is 0 Å². The third-order valence-corrected chi connectivity index (χ3v) is 2.89. The molecule has 0 saturated heterocycles. The summed E-state index contributed by atoms with van der Waals surface area (Å²) in [5.74, 6) is 0.522. The normalized spacial score (nSPS) is 10.8. The number of rotatable bonds is 3. The van der Waals surface area contributed by atoms with Crippen LogP contribution < -0.4 is 5.32 Å². The van der Waals surface area contributed by atoms with Crippen LogP contribution in [0.3, 0.4) is 0 Å². The molecule has 1 aromatic heterocycles. The summed E-state index contributed by atoms with van der Waals surface area (Å²) in [6.45, 7) is 6.91. The van der Waals surface area contributed by atoms with E-state index in [0.717, 1.165) is 35.3 Å². The Bertz CT molecular complexity index is 549. The quantitative estimate of drug-likeness (QED) is 0.870. The van der Waals surface area contributed by atoms with E-state index in [4.69, 9.17) is 0 Å². The van der Waals surface area contributed by atoms with E-state index in [9.17, 15) is 4.39 Å². The highest BCUT2D eigenvalue weighted by Crippen LogP contribution is 2.24. The number of anilines is 1. The summed E-state index contributed by atoms with van der Waals surface area (Å²) < 4.78 is 13.7. The zero-order valence-electron chi connectivity index (χ0n) is 10.5. The van der Waals surface area contributed by atoms with Gasteiger partial charge < -0.3 is 5.32 Å². The molecule has 1 N–H and O–H groups in total. The van der Waals surface area contributed by atoms with Gasteiger partial charge in [-0.1, -0.05) is 13.0 Å². The van der Waals surface area contributed by atoms with Crippen molar-refractivity contribution in [3.8, 4) is 0 Å². The zero-order valence-corrected chi connectivity index (χ0v) is 10.5. The van der Waals surface area contributed by atoms with Gasteiger partial charge in [-0.3, -0.25) is 0 Å². The van der Waals surface area contributed by atoms with Crippen LogP contribution in [-0.4, -0.2) is 11.5 Å². The summed E-state index contributed by atoms with van der Waals surface area (Å²) in [5.41, 5.74) is 2.56. The van der Waals surface area contributed by atoms with Gasteiger partial charge in [-0.15, -0.1) is 0 Å². The van der Waals surface area contributed by atoms with Crippen LogP contribution in [0, 0.1) is 19.7 Å². The third-order valence-electron chi connectivity index (χ3n) is 2.89. The summed E-state index contributed by atoms with van der Waals surface area (Å²) in [7, 11) is 0. The number of aryl methyl sites for hydroxylation is 2. The molecule has 0 fully saturated rings. The van der Waals surface area contributed by atoms with Gasteiger partial charge in [0.05, 0.1) is 0 Å². The SMILES string of the molecule is CCCNc1nc2c(F)ccc(C)c2cc1C. The van der Waals surface area contributed by atoms with Crippen molar-refractivity contribution in [1.29, 1.82) is 0 Å². The first kappa shape index (κ1) is 11.8. The number of hydrogen-bond donors (Lipinski definition) is 1. The van der Waals surface area contributed by atoms with Crippen molar-refractivity contribution in [3.05, 3.63) is 35.1 Å². The number of aromatic nitrogens is 1. The molecule has 0 saturated carbocycles. The molecule has 1 heterocycles. The topological polar surface area (TPSA) is 24.9 Å². The maximum Gasteiger partial charge on any atom is 0.149 e. The van der Waals surface area contributed by atoms with Gasteiger partial charge in [-0.05, 0) is 43.5 Å². The van der Waals surface area contributed by atoms with Crippen LogP contribution in [0.5, 0.6) is 0 Å². The van der Waals surface area contributed by atoms with Crippen molar-refractivity contribution in [2.24, 2.45) is 0 Å². The van der Waals surface area contributed by atoms with E-state index >= 15 is 0 Å². The van der Waals surface area contributed by atoms with Gasteiger partial charge in [0.25, 0.3) is 0 Å². The first-order chi connectivity index (χ1) is 8.13. The second kappa shape index (κ2) is 4.70. The lowest BCUT2D eigenvalue weighted by Crippen LogP contribution is -2.04. The molecule has 0 amide bonds. The number of nitrogens with zero attached hydrogens (tertiary/aromatic N) is 1. The fraction of sp³-hybridized carbons (Fsp3) is 0.357. The second-order valence-corrected chi connectivity index (χ2v) is 4.34. The average Bonchev–Trinajstić information content (AvgIpc) is 2.32. The van der Waals surface area contributed by atoms with Gasteiger partial charge in [0, 0.05) is 11.9 Å². The largest absolute Gasteiger partial charge is 0.370 e. The molecule has 0 unspecified atom stereocenters. The molecular weight excluding hydrogens is 215 g/mol. The predicted octanol–water partition coefficient (Wildman–Crippen LogP) is 3.81. The Balaban J connectivity index is 2.59. The molecule has 0 atom stereocenters. The molecule has 1 aromatic carbocycles. The lowest BCUT2D eigenvalue weighted by Gasteiger charge is -2.10. The smallest absolute Gasteiger partial charge is 0.149 e. The maximum atomic E-state index is 13.7. The Morgan fingerprint density at radius 1 is 1.24 bits per heavy atom. The van der Waals surface area contributed by atoms with Crippen LogP contribution >= 0.6 is 0 Å². The molecule has 0 radical (unpaired) electrons. The Morgan fingerprint density at radius 3 is 2.71 bits per heavy atom. The monoisotopic (exact) mass is 232 g/mol. The summed E-state index contributed by atoms with van der Waals surface area (Å²) >= 11 is 0. The first-order valence-corrected chi connectivity index (χ1v) is 5.93. The van der Waals surface area contributed by atoms with Crippen LogP contribution in [0.2, 0.25) is 0 Å². The molecule has 17 heavy (non-hydrogen) atoms. The van der Waals surface area contributed by atoms with E-state index in [1.165, 1.54) is 6.07 Å². The molecule has 2 nitrogen and oxygen atoms in total. The molecule has 0 spiro atoms. The molecule has 0 aliphatic rings. The fourth-order valence-corrected chi connectivity index (χ4v) is 1.89. The van der Waals surface area contributed by atoms with Crippen molar-refractivity contribution in [1.82, 2.24) is 4.98 Å². The molecule has 90 valence electrons. The lowest BCUT2D eigenvalue weighted by atomic mass is 10.1. The lowest BCUT2D eigenvalue weighted by molar-refractivity contribution is 0.636. The van der Waals surface area contributed by atoms with Crippen LogP contribution in [0.15, 0.2) is 18.2 Å². The molecule has 3 heteroatoms. The van der Waals surface area contributed by atoms with Gasteiger partial charge in [-0.25, -0.2) is 9.37 Å². The molecule has 2 aromatic rings. The summed E-state index contributed by atoms with van der Waals surface area (Å²) in [6, 6.07) is 5.26. The maximum absolute atomic E-state index is 13.7. The number of halogens is 1. The number of pyridine rings is 1. The van der Waals surface area contributed by atoms with Crippen LogP contribution in [0.1, 0.15) is 24.5 Å². The van der Waals surface area contributed by atoms with Gasteiger partial charge >= 0.3 is 0 Å². The highest BCUT2D eigenvalue weighted by Gasteiger charge is 2.08. The van der Waals surface area contributed by atoms with E-state index in [-0.39, 0.29) is 5.82 Å². The second-order valence-electron chi connectivity index (χ2n) is 4.34. The molecule has 2 rings (SSSR count). The molecule has 0 bridgehead atoms. The third kappa shape index (κ3) is 2.23. The average molecular weight is 232 g/mol. The Labute approximate surface area is 101 Å². The van der Waals surface area contributed by atoms with Gasteiger partial charge in [0.15, 0.2) is 0 Å². The number of benzene rings is 1. The summed E-state index contributed by atoms with van der Waals surface area (Å²) in [6.07, 6.45) is 1.02. The highest BCUT2D eigenvalue weighted by atomic mass is 19.1. The minimum absolute atomic E-state index is 0.259. The van der Waals surface area contributed by atoms with E-state index in [1.807, 2.05) is 19.9 Å². The predicted molar refractivity (Wildman–Crippen MR) is 70.0 cm³/mol. The number of hydrogen-bond acceptors (Lipinski definition) is 2. The molecule has 0 aliphatic heterocycles. The van der Waals surface area contributed by atoms with Gasteiger partial charge in [-0.2, -0.15) is 0 Å². The minimum Gasteiger partial charge on any atom is -0.370 e. The highest BCUT2D eigenvalue weighted by molar-refractivity contribution is 5.85. The first-order valence-electron chi connectivity index (χ1n) is 5.93. The van der Waals surface area contributed by atoms with E-state index in [0.29, 0.717) is 5.52 Å². The standard InChI is InChI=1S/C14H17FN2/c1-4-7-16-14-10(3)8-11-9(2)5-6-12(15)13(11)17-14/h5-6,8H,4,7H2,1-3H3,(H,16,17). The van der Waals surface area contributed by atoms with Crippen molar-refractivity contribution < 1.29 is 4.39 Å². The number of fused-ring (bicyclic) bond motifs is 1. The molecule has 0 aliphatic carbocycles. The van der Waals surface area contributed by atoms with Crippen molar-refractivity contribution in [2.45, 2.75) is 27.2 Å². The van der Waals surface area contributed by atoms with Crippen LogP contribution in [0.25, 0.3) is 10.9 Å². The van der Waals surface area contributed by atoms with Crippen molar-refractivity contribution in [2.75, 3.05) is 11.9 Å². The van der Waals surface area contributed by atoms with Crippen LogP contribution in [0.4, 0.5) is 10.2 Å². The van der Waals surface area contributed by atoms with Gasteiger partial charge in [0.2, 0.25) is 0 Å². The fourth-order valence-electron chi connectivity index (χ4n) is 1.89. The van der Waals surface area contributed by atoms with Crippen molar-refractivity contribution in [3.63, 3.8) is 0 Å². The Kier molecular flexibility index (Phi) is 3.27. The van der Waals surface area contributed by atoms with E-state index in [2.05, 4.69) is 17.2 Å². The van der Waals surface area contributed by atoms with Gasteiger partial charge in [0.1, 0.15) is 17.2 Å². The Morgan fingerprint density at radius 2 is 2.00 bits per heavy atom. The Hall–Kier alpha value is -1.64.